The highest BCUT2D eigenvalue weighted by molar-refractivity contribution is 7.89. The smallest absolute Gasteiger partial charge is 0.211 e. The van der Waals surface area contributed by atoms with Crippen LogP contribution in [0.2, 0.25) is 0 Å². The Labute approximate surface area is 106 Å². The molecule has 0 radical (unpaired) electrons. The Kier molecular flexibility index (Phi) is 3.91. The maximum atomic E-state index is 12.3. The summed E-state index contributed by atoms with van der Waals surface area (Å²) in [5.41, 5.74) is 0. The van der Waals surface area contributed by atoms with Crippen molar-refractivity contribution in [1.29, 1.82) is 0 Å². The van der Waals surface area contributed by atoms with Crippen LogP contribution in [0.3, 0.4) is 0 Å². The van der Waals surface area contributed by atoms with Crippen molar-refractivity contribution in [3.63, 3.8) is 0 Å². The first-order valence-electron chi connectivity index (χ1n) is 5.77. The fourth-order valence-electron chi connectivity index (χ4n) is 2.06. The second kappa shape index (κ2) is 5.44. The minimum Gasteiger partial charge on any atom is -0.211 e. The normalized spacial score (nSPS) is 21.2. The highest BCUT2D eigenvalue weighted by atomic mass is 32.2. The Bertz CT molecular complexity index is 550. The van der Waals surface area contributed by atoms with Crippen LogP contribution >= 0.6 is 0 Å². The summed E-state index contributed by atoms with van der Waals surface area (Å²) in [6.45, 7) is 0.731. The number of nitrogens with zero attached hydrogens (tertiary/aromatic N) is 2. The van der Waals surface area contributed by atoms with E-state index in [2.05, 4.69) is 4.99 Å². The zero-order valence-electron chi connectivity index (χ0n) is 9.82. The van der Waals surface area contributed by atoms with Crippen molar-refractivity contribution >= 4 is 16.1 Å². The predicted octanol–water partition coefficient (Wildman–Crippen LogP) is 1.18. The summed E-state index contributed by atoms with van der Waals surface area (Å²) in [6, 6.07) is 8.03. The minimum atomic E-state index is -3.47. The van der Waals surface area contributed by atoms with Crippen molar-refractivity contribution in [2.75, 3.05) is 13.1 Å². The van der Waals surface area contributed by atoms with Gasteiger partial charge in [-0.3, -0.25) is 0 Å². The van der Waals surface area contributed by atoms with E-state index in [4.69, 9.17) is 0 Å². The molecule has 6 heteroatoms. The third-order valence-corrected chi connectivity index (χ3v) is 4.85. The first kappa shape index (κ1) is 13.0. The number of sulfonamides is 1. The van der Waals surface area contributed by atoms with Gasteiger partial charge >= 0.3 is 0 Å². The van der Waals surface area contributed by atoms with Crippen LogP contribution in [-0.2, 0) is 14.8 Å². The summed E-state index contributed by atoms with van der Waals surface area (Å²) in [5.74, 6) is 0. The lowest BCUT2D eigenvalue weighted by Crippen LogP contribution is -2.41. The number of aliphatic imine (C=N–C) groups is 1. The predicted molar refractivity (Wildman–Crippen MR) is 66.3 cm³/mol. The van der Waals surface area contributed by atoms with E-state index in [0.29, 0.717) is 13.0 Å². The molecule has 0 bridgehead atoms. The summed E-state index contributed by atoms with van der Waals surface area (Å²) in [4.78, 5) is 14.1. The van der Waals surface area contributed by atoms with Gasteiger partial charge < -0.3 is 0 Å². The largest absolute Gasteiger partial charge is 0.243 e. The van der Waals surface area contributed by atoms with Crippen LogP contribution in [0.4, 0.5) is 0 Å². The molecule has 1 aromatic rings. The van der Waals surface area contributed by atoms with Crippen molar-refractivity contribution in [2.45, 2.75) is 23.8 Å². The zero-order chi connectivity index (χ0) is 13.0. The molecule has 0 N–H and O–H groups in total. The molecule has 5 nitrogen and oxygen atoms in total. The van der Waals surface area contributed by atoms with Crippen LogP contribution in [0.5, 0.6) is 0 Å². The summed E-state index contributed by atoms with van der Waals surface area (Å²) in [6.07, 6.45) is 2.95. The molecule has 1 aromatic carbocycles. The summed E-state index contributed by atoms with van der Waals surface area (Å²) >= 11 is 0. The molecule has 1 heterocycles. The molecule has 2 rings (SSSR count). The average Bonchev–Trinajstić information content (AvgIpc) is 2.40. The number of piperidine rings is 1. The third kappa shape index (κ3) is 2.67. The van der Waals surface area contributed by atoms with Crippen molar-refractivity contribution in [1.82, 2.24) is 4.31 Å². The maximum Gasteiger partial charge on any atom is 0.243 e. The van der Waals surface area contributed by atoms with Gasteiger partial charge in [0, 0.05) is 13.1 Å². The quantitative estimate of drug-likeness (QED) is 0.609. The van der Waals surface area contributed by atoms with Crippen molar-refractivity contribution in [3.8, 4) is 0 Å². The van der Waals surface area contributed by atoms with E-state index < -0.39 is 10.0 Å². The summed E-state index contributed by atoms with van der Waals surface area (Å²) in [7, 11) is -3.47. The number of carbonyl (C=O) groups excluding carboxylic acids is 1. The van der Waals surface area contributed by atoms with Crippen LogP contribution in [0.15, 0.2) is 40.2 Å². The van der Waals surface area contributed by atoms with Gasteiger partial charge in [0.1, 0.15) is 0 Å². The Balaban J connectivity index is 2.23. The van der Waals surface area contributed by atoms with Crippen LogP contribution < -0.4 is 0 Å². The molecule has 1 aliphatic rings. The third-order valence-electron chi connectivity index (χ3n) is 2.98. The van der Waals surface area contributed by atoms with Gasteiger partial charge in [-0.05, 0) is 25.0 Å². The van der Waals surface area contributed by atoms with Crippen LogP contribution in [0, 0.1) is 0 Å². The van der Waals surface area contributed by atoms with E-state index in [0.717, 1.165) is 6.42 Å². The van der Waals surface area contributed by atoms with Crippen LogP contribution in [0.25, 0.3) is 0 Å². The standard InChI is InChI=1S/C12H14N2O3S/c15-10-13-11-5-4-8-14(9-11)18(16,17)12-6-2-1-3-7-12/h1-3,6-7,11H,4-5,8-9H2. The zero-order valence-corrected chi connectivity index (χ0v) is 10.6. The van der Waals surface area contributed by atoms with Gasteiger partial charge in [-0.1, -0.05) is 18.2 Å². The molecule has 0 spiro atoms. The molecule has 1 saturated heterocycles. The Morgan fingerprint density at radius 3 is 2.67 bits per heavy atom. The molecular formula is C12H14N2O3S. The lowest BCUT2D eigenvalue weighted by atomic mass is 10.1. The van der Waals surface area contributed by atoms with E-state index in [-0.39, 0.29) is 17.5 Å². The van der Waals surface area contributed by atoms with Crippen LogP contribution in [-0.4, -0.2) is 37.9 Å². The average molecular weight is 266 g/mol. The Morgan fingerprint density at radius 2 is 2.00 bits per heavy atom. The minimum absolute atomic E-state index is 0.256. The molecule has 0 aromatic heterocycles. The highest BCUT2D eigenvalue weighted by Gasteiger charge is 2.29. The molecule has 96 valence electrons. The Hall–Kier alpha value is -1.49. The number of hydrogen-bond acceptors (Lipinski definition) is 4. The van der Waals surface area contributed by atoms with E-state index in [9.17, 15) is 13.2 Å². The first-order valence-corrected chi connectivity index (χ1v) is 7.21. The van der Waals surface area contributed by atoms with Crippen molar-refractivity contribution in [2.24, 2.45) is 4.99 Å². The fraction of sp³-hybridized carbons (Fsp3) is 0.417. The second-order valence-electron chi connectivity index (χ2n) is 4.19. The highest BCUT2D eigenvalue weighted by Crippen LogP contribution is 2.21. The number of isocyanates is 1. The molecule has 1 fully saturated rings. The van der Waals surface area contributed by atoms with Crippen LogP contribution in [0.1, 0.15) is 12.8 Å². The second-order valence-corrected chi connectivity index (χ2v) is 6.13. The molecule has 0 amide bonds. The lowest BCUT2D eigenvalue weighted by Gasteiger charge is -2.29. The summed E-state index contributed by atoms with van der Waals surface area (Å²) < 4.78 is 26.0. The van der Waals surface area contributed by atoms with Gasteiger partial charge in [-0.25, -0.2) is 18.2 Å². The van der Waals surface area contributed by atoms with E-state index in [1.807, 2.05) is 0 Å². The number of rotatable bonds is 3. The molecule has 18 heavy (non-hydrogen) atoms. The van der Waals surface area contributed by atoms with E-state index >= 15 is 0 Å². The first-order chi connectivity index (χ1) is 8.64. The number of benzene rings is 1. The topological polar surface area (TPSA) is 66.8 Å². The molecule has 0 aliphatic carbocycles. The number of hydrogen-bond donors (Lipinski definition) is 0. The molecular weight excluding hydrogens is 252 g/mol. The molecule has 1 atom stereocenters. The van der Waals surface area contributed by atoms with Gasteiger partial charge in [0.2, 0.25) is 16.1 Å². The maximum absolute atomic E-state index is 12.3. The monoisotopic (exact) mass is 266 g/mol. The lowest BCUT2D eigenvalue weighted by molar-refractivity contribution is 0.316. The fourth-order valence-corrected chi connectivity index (χ4v) is 3.60. The Morgan fingerprint density at radius 1 is 1.28 bits per heavy atom. The molecule has 1 unspecified atom stereocenters. The molecule has 0 saturated carbocycles. The summed E-state index contributed by atoms with van der Waals surface area (Å²) in [5, 5.41) is 0. The van der Waals surface area contributed by atoms with E-state index in [1.54, 1.807) is 30.3 Å². The van der Waals surface area contributed by atoms with Gasteiger partial charge in [0.25, 0.3) is 0 Å². The SMILES string of the molecule is O=C=NC1CCCN(S(=O)(=O)c2ccccc2)C1. The van der Waals surface area contributed by atoms with Crippen molar-refractivity contribution in [3.05, 3.63) is 30.3 Å². The van der Waals surface area contributed by atoms with Gasteiger partial charge in [-0.2, -0.15) is 4.31 Å². The van der Waals surface area contributed by atoms with Gasteiger partial charge in [-0.15, -0.1) is 0 Å². The molecule has 1 aliphatic heterocycles. The van der Waals surface area contributed by atoms with Crippen molar-refractivity contribution < 1.29 is 13.2 Å². The van der Waals surface area contributed by atoms with Gasteiger partial charge in [0.15, 0.2) is 0 Å². The van der Waals surface area contributed by atoms with E-state index in [1.165, 1.54) is 10.4 Å². The van der Waals surface area contributed by atoms with Gasteiger partial charge in [0.05, 0.1) is 10.9 Å².